The molecule has 3 fully saturated rings. The van der Waals surface area contributed by atoms with Gasteiger partial charge in [-0.2, -0.15) is 0 Å². The molecule has 0 unspecified atom stereocenters. The maximum atomic E-state index is 12.5. The minimum atomic E-state index is -1.58. The number of nitrogens with two attached hydrogens (primary N) is 6. The van der Waals surface area contributed by atoms with Crippen molar-refractivity contribution >= 4 is 5.78 Å². The van der Waals surface area contributed by atoms with Gasteiger partial charge in [0.15, 0.2) is 18.9 Å². The van der Waals surface area contributed by atoms with Crippen LogP contribution in [0.3, 0.4) is 0 Å². The molecule has 0 radical (unpaired) electrons. The van der Waals surface area contributed by atoms with Crippen LogP contribution in [0.5, 0.6) is 0 Å². The Labute approximate surface area is 260 Å². The predicted octanol–water partition coefficient (Wildman–Crippen LogP) is -6.46. The Bertz CT molecular complexity index is 985. The summed E-state index contributed by atoms with van der Waals surface area (Å²) in [6.45, 7) is -0.476. The molecule has 2 saturated heterocycles. The summed E-state index contributed by atoms with van der Waals surface area (Å²) in [7, 11) is 0. The van der Waals surface area contributed by atoms with E-state index >= 15 is 0 Å². The van der Waals surface area contributed by atoms with Crippen molar-refractivity contribution in [3.05, 3.63) is 12.2 Å². The first-order valence-electron chi connectivity index (χ1n) is 15.3. The van der Waals surface area contributed by atoms with Crippen LogP contribution in [0, 0.1) is 5.92 Å². The number of carbonyl (C=O) groups is 1. The Balaban J connectivity index is 1.54. The number of aliphatic hydroxyl groups is 5. The van der Waals surface area contributed by atoms with Crippen LogP contribution in [0.2, 0.25) is 0 Å². The van der Waals surface area contributed by atoms with Crippen molar-refractivity contribution in [2.75, 3.05) is 26.2 Å². The van der Waals surface area contributed by atoms with Gasteiger partial charge in [-0.3, -0.25) is 4.79 Å². The summed E-state index contributed by atoms with van der Waals surface area (Å²) >= 11 is 0. The molecule has 18 heteroatoms. The lowest BCUT2D eigenvalue weighted by molar-refractivity contribution is -0.286. The van der Waals surface area contributed by atoms with E-state index < -0.39 is 111 Å². The van der Waals surface area contributed by atoms with Gasteiger partial charge in [0.25, 0.3) is 0 Å². The van der Waals surface area contributed by atoms with Crippen molar-refractivity contribution in [2.45, 2.75) is 117 Å². The number of aliphatic hydroxyl groups excluding tert-OH is 5. The first kappa shape index (κ1) is 36.6. The van der Waals surface area contributed by atoms with Crippen molar-refractivity contribution in [2.24, 2.45) is 40.3 Å². The molecule has 45 heavy (non-hydrogen) atoms. The van der Waals surface area contributed by atoms with Crippen molar-refractivity contribution < 1.29 is 58.7 Å². The van der Waals surface area contributed by atoms with Crippen molar-refractivity contribution in [3.8, 4) is 0 Å². The molecule has 0 amide bonds. The molecule has 0 spiro atoms. The summed E-state index contributed by atoms with van der Waals surface area (Å²) < 4.78 is 35.5. The number of rotatable bonds is 13. The van der Waals surface area contributed by atoms with Crippen LogP contribution in [0.15, 0.2) is 12.2 Å². The van der Waals surface area contributed by atoms with Crippen molar-refractivity contribution in [1.29, 1.82) is 0 Å². The highest BCUT2D eigenvalue weighted by Gasteiger charge is 2.54. The van der Waals surface area contributed by atoms with Gasteiger partial charge in [0, 0.05) is 32.0 Å². The summed E-state index contributed by atoms with van der Waals surface area (Å²) in [5.41, 5.74) is 35.7. The van der Waals surface area contributed by atoms with Crippen LogP contribution >= 0.6 is 0 Å². The van der Waals surface area contributed by atoms with Crippen molar-refractivity contribution in [3.63, 3.8) is 0 Å². The minimum Gasteiger partial charge on any atom is -0.394 e. The maximum absolute atomic E-state index is 12.5. The van der Waals surface area contributed by atoms with Gasteiger partial charge in [-0.05, 0) is 18.9 Å². The Morgan fingerprint density at radius 2 is 1.42 bits per heavy atom. The fourth-order valence-electron chi connectivity index (χ4n) is 6.20. The Morgan fingerprint density at radius 3 is 2.07 bits per heavy atom. The zero-order valence-corrected chi connectivity index (χ0v) is 25.0. The van der Waals surface area contributed by atoms with Crippen molar-refractivity contribution in [1.82, 2.24) is 0 Å². The topological polar surface area (TPSA) is 330 Å². The molecule has 4 aliphatic rings. The first-order chi connectivity index (χ1) is 21.4. The monoisotopic (exact) mass is 650 g/mol. The minimum absolute atomic E-state index is 0.0253. The van der Waals surface area contributed by atoms with Gasteiger partial charge in [-0.25, -0.2) is 0 Å². The lowest BCUT2D eigenvalue weighted by Crippen LogP contribution is -2.64. The molecule has 4 rings (SSSR count). The number of hydrogen-bond acceptors (Lipinski definition) is 18. The molecular weight excluding hydrogens is 600 g/mol. The first-order valence-corrected chi connectivity index (χ1v) is 15.3. The molecule has 1 saturated carbocycles. The molecule has 0 aromatic rings. The van der Waals surface area contributed by atoms with Gasteiger partial charge in [-0.1, -0.05) is 12.2 Å². The quantitative estimate of drug-likeness (QED) is 0.0825. The van der Waals surface area contributed by atoms with E-state index in [1.165, 1.54) is 0 Å². The normalized spacial score (nSPS) is 47.2. The van der Waals surface area contributed by atoms with Crippen LogP contribution in [-0.2, 0) is 33.2 Å². The predicted molar refractivity (Wildman–Crippen MR) is 154 cm³/mol. The third-order valence-corrected chi connectivity index (χ3v) is 8.78. The molecule has 18 nitrogen and oxygen atoms in total. The number of carbonyl (C=O) groups excluding carboxylic acids is 1. The van der Waals surface area contributed by atoms with E-state index in [4.69, 9.17) is 62.8 Å². The Hall–Kier alpha value is -1.27. The summed E-state index contributed by atoms with van der Waals surface area (Å²) in [6, 6.07) is -2.71. The van der Waals surface area contributed by atoms with Crippen LogP contribution in [0.4, 0.5) is 0 Å². The zero-order valence-electron chi connectivity index (χ0n) is 25.0. The van der Waals surface area contributed by atoms with Crippen LogP contribution < -0.4 is 34.4 Å². The van der Waals surface area contributed by atoms with E-state index in [2.05, 4.69) is 0 Å². The van der Waals surface area contributed by atoms with Gasteiger partial charge in [0.2, 0.25) is 0 Å². The van der Waals surface area contributed by atoms with Gasteiger partial charge in [0.05, 0.1) is 30.9 Å². The van der Waals surface area contributed by atoms with Gasteiger partial charge in [0.1, 0.15) is 54.6 Å². The number of ketones is 1. The SMILES string of the molecule is NCCC(=O)C[C@@H]1C[C@H](N)[C@@H](O[C@H]2O[C@H](CN)C=C[C@H]2N)[C@H](O[C@@H]2O[C@H](CO)[C@@H](O[C@H]3O[C@@H](CN)[C@@H](O)[C@H](O)[C@H]3N)[C@H]2O)[C@H]1O. The summed E-state index contributed by atoms with van der Waals surface area (Å²) in [6.07, 6.45) is -12.2. The average Bonchev–Trinajstić information content (AvgIpc) is 3.31. The molecular formula is C27H50N6O12. The van der Waals surface area contributed by atoms with Crippen LogP contribution in [0.25, 0.3) is 0 Å². The molecule has 17 N–H and O–H groups in total. The second kappa shape index (κ2) is 16.2. The van der Waals surface area contributed by atoms with E-state index in [0.29, 0.717) is 0 Å². The van der Waals surface area contributed by atoms with E-state index in [1.807, 2.05) is 0 Å². The molecule has 3 heterocycles. The Morgan fingerprint density at radius 1 is 0.756 bits per heavy atom. The Kier molecular flexibility index (Phi) is 13.2. The molecule has 0 aromatic carbocycles. The van der Waals surface area contributed by atoms with E-state index in [-0.39, 0.29) is 44.7 Å². The molecule has 0 aromatic heterocycles. The van der Waals surface area contributed by atoms with Crippen LogP contribution in [-0.4, -0.2) is 156 Å². The standard InChI is InChI=1S/C27H50N6O12/c28-4-3-11(35)5-10-6-14(32)22(43-25-13(31)2-1-12(7-29)40-25)24(18(10)36)45-27-21(39)23(16(9-34)42-27)44-26-17(33)20(38)19(37)15(8-30)41-26/h1-2,10,12-27,34,36-39H,3-9,28-33H2/t10-,12+,13-,14+,15+,16-,17-,18+,19-,20-,21-,22-,23-,24-,25-,26-,27+/m1/s1. The number of ether oxygens (including phenoxy) is 6. The summed E-state index contributed by atoms with van der Waals surface area (Å²) in [5.74, 6) is -0.811. The summed E-state index contributed by atoms with van der Waals surface area (Å²) in [4.78, 5) is 12.5. The molecule has 3 aliphatic heterocycles. The lowest BCUT2D eigenvalue weighted by atomic mass is 9.77. The number of hydrogen-bond donors (Lipinski definition) is 11. The van der Waals surface area contributed by atoms with Gasteiger partial charge < -0.3 is 88.4 Å². The van der Waals surface area contributed by atoms with E-state index in [9.17, 15) is 30.3 Å². The third kappa shape index (κ3) is 8.24. The molecule has 17 atom stereocenters. The molecule has 1 aliphatic carbocycles. The third-order valence-electron chi connectivity index (χ3n) is 8.78. The largest absolute Gasteiger partial charge is 0.394 e. The van der Waals surface area contributed by atoms with E-state index in [1.54, 1.807) is 12.2 Å². The second-order valence-electron chi connectivity index (χ2n) is 12.0. The second-order valence-corrected chi connectivity index (χ2v) is 12.0. The highest BCUT2D eigenvalue weighted by Crippen LogP contribution is 2.36. The maximum Gasteiger partial charge on any atom is 0.187 e. The smallest absolute Gasteiger partial charge is 0.187 e. The fourth-order valence-corrected chi connectivity index (χ4v) is 6.20. The number of Topliss-reactive ketones (excluding diaryl/α,β-unsaturated/α-hetero) is 1. The highest BCUT2D eigenvalue weighted by atomic mass is 16.8. The fraction of sp³-hybridized carbons (Fsp3) is 0.889. The summed E-state index contributed by atoms with van der Waals surface area (Å²) in [5, 5.41) is 53.4. The lowest BCUT2D eigenvalue weighted by Gasteiger charge is -2.46. The molecule has 0 bridgehead atoms. The van der Waals surface area contributed by atoms with E-state index in [0.717, 1.165) is 0 Å². The highest BCUT2D eigenvalue weighted by molar-refractivity contribution is 5.78. The van der Waals surface area contributed by atoms with Gasteiger partial charge >= 0.3 is 0 Å². The molecule has 260 valence electrons. The zero-order chi connectivity index (χ0) is 33.0. The van der Waals surface area contributed by atoms with Gasteiger partial charge in [-0.15, -0.1) is 0 Å². The van der Waals surface area contributed by atoms with Crippen LogP contribution in [0.1, 0.15) is 19.3 Å². The average molecular weight is 651 g/mol.